The molecular weight excluding hydrogens is 418 g/mol. The van der Waals surface area contributed by atoms with Gasteiger partial charge in [-0.2, -0.15) is 4.31 Å². The van der Waals surface area contributed by atoms with Gasteiger partial charge in [0.2, 0.25) is 10.0 Å². The second kappa shape index (κ2) is 8.40. The van der Waals surface area contributed by atoms with Crippen LogP contribution in [0.2, 0.25) is 5.02 Å². The Kier molecular flexibility index (Phi) is 6.14. The van der Waals surface area contributed by atoms with Crippen molar-refractivity contribution in [2.24, 2.45) is 0 Å². The van der Waals surface area contributed by atoms with Crippen LogP contribution in [0.4, 0.5) is 5.13 Å². The molecule has 146 valence electrons. The van der Waals surface area contributed by atoms with Gasteiger partial charge in [0.1, 0.15) is 0 Å². The molecule has 28 heavy (non-hydrogen) atoms. The van der Waals surface area contributed by atoms with Crippen LogP contribution >= 0.6 is 22.9 Å². The van der Waals surface area contributed by atoms with E-state index in [0.29, 0.717) is 5.13 Å². The maximum absolute atomic E-state index is 12.9. The fourth-order valence-electron chi connectivity index (χ4n) is 2.52. The molecule has 3 aromatic rings. The summed E-state index contributed by atoms with van der Waals surface area (Å²) in [6.45, 7) is 2.03. The van der Waals surface area contributed by atoms with Gasteiger partial charge < -0.3 is 0 Å². The van der Waals surface area contributed by atoms with Crippen molar-refractivity contribution >= 4 is 44.0 Å². The number of aromatic nitrogens is 1. The largest absolute Gasteiger partial charge is 0.298 e. The van der Waals surface area contributed by atoms with Crippen molar-refractivity contribution in [2.45, 2.75) is 18.4 Å². The zero-order valence-corrected chi connectivity index (χ0v) is 17.6. The molecule has 0 unspecified atom stereocenters. The summed E-state index contributed by atoms with van der Waals surface area (Å²) in [6, 6.07) is 13.4. The van der Waals surface area contributed by atoms with E-state index in [-0.39, 0.29) is 22.0 Å². The van der Waals surface area contributed by atoms with E-state index < -0.39 is 15.9 Å². The molecule has 1 aromatic heterocycles. The Morgan fingerprint density at radius 3 is 2.57 bits per heavy atom. The quantitative estimate of drug-likeness (QED) is 0.630. The van der Waals surface area contributed by atoms with E-state index in [2.05, 4.69) is 10.3 Å². The molecule has 1 N–H and O–H groups in total. The first-order valence-corrected chi connectivity index (χ1v) is 11.0. The number of carbonyl (C=O) groups is 1. The molecule has 6 nitrogen and oxygen atoms in total. The van der Waals surface area contributed by atoms with Gasteiger partial charge in [0, 0.05) is 19.0 Å². The second-order valence-corrected chi connectivity index (χ2v) is 9.45. The van der Waals surface area contributed by atoms with Crippen LogP contribution in [0.5, 0.6) is 0 Å². The van der Waals surface area contributed by atoms with Crippen molar-refractivity contribution < 1.29 is 13.2 Å². The first-order chi connectivity index (χ1) is 13.3. The topological polar surface area (TPSA) is 79.4 Å². The Balaban J connectivity index is 1.85. The van der Waals surface area contributed by atoms with Crippen molar-refractivity contribution in [2.75, 3.05) is 12.4 Å². The molecule has 2 aromatic carbocycles. The predicted octanol–water partition coefficient (Wildman–Crippen LogP) is 4.18. The summed E-state index contributed by atoms with van der Waals surface area (Å²) in [4.78, 5) is 16.7. The number of amides is 1. The molecule has 1 amide bonds. The van der Waals surface area contributed by atoms with Gasteiger partial charge in [-0.15, -0.1) is 11.3 Å². The van der Waals surface area contributed by atoms with Gasteiger partial charge in [0.15, 0.2) is 5.13 Å². The lowest BCUT2D eigenvalue weighted by molar-refractivity contribution is 0.102. The molecule has 0 spiro atoms. The molecule has 0 bridgehead atoms. The van der Waals surface area contributed by atoms with E-state index in [1.807, 2.05) is 37.3 Å². The molecule has 3 rings (SSSR count). The molecular formula is C19H18ClN3O3S2. The van der Waals surface area contributed by atoms with Crippen LogP contribution in [-0.2, 0) is 16.6 Å². The van der Waals surface area contributed by atoms with Gasteiger partial charge in [-0.3, -0.25) is 10.1 Å². The Bertz CT molecular complexity index is 1100. The van der Waals surface area contributed by atoms with Crippen LogP contribution in [-0.4, -0.2) is 30.7 Å². The number of benzene rings is 2. The highest BCUT2D eigenvalue weighted by atomic mass is 35.5. The third-order valence-corrected chi connectivity index (χ3v) is 6.98. The maximum Gasteiger partial charge on any atom is 0.259 e. The molecule has 1 heterocycles. The standard InChI is InChI=1S/C19H18ClN3O3S2/c1-13-12-27-19(21-13)22-18(24)16-10-15(8-9-17(16)20)28(25,26)23(2)11-14-6-4-3-5-7-14/h3-10,12H,11H2,1-2H3,(H,21,22,24). The van der Waals surface area contributed by atoms with Gasteiger partial charge >= 0.3 is 0 Å². The molecule has 0 saturated heterocycles. The number of carbonyl (C=O) groups excluding carboxylic acids is 1. The number of aryl methyl sites for hydroxylation is 1. The Hall–Kier alpha value is -2.26. The zero-order chi connectivity index (χ0) is 20.3. The number of rotatable bonds is 6. The fourth-order valence-corrected chi connectivity index (χ4v) is 4.59. The van der Waals surface area contributed by atoms with Crippen LogP contribution in [0.3, 0.4) is 0 Å². The molecule has 0 saturated carbocycles. The average molecular weight is 436 g/mol. The average Bonchev–Trinajstić information content (AvgIpc) is 3.07. The summed E-state index contributed by atoms with van der Waals surface area (Å²) in [5.74, 6) is -0.512. The van der Waals surface area contributed by atoms with E-state index >= 15 is 0 Å². The minimum atomic E-state index is -3.80. The van der Waals surface area contributed by atoms with E-state index in [4.69, 9.17) is 11.6 Å². The fraction of sp³-hybridized carbons (Fsp3) is 0.158. The summed E-state index contributed by atoms with van der Waals surface area (Å²) in [5, 5.41) is 5.03. The van der Waals surface area contributed by atoms with Gasteiger partial charge in [0.25, 0.3) is 5.91 Å². The highest BCUT2D eigenvalue weighted by Crippen LogP contribution is 2.25. The third-order valence-electron chi connectivity index (χ3n) is 3.98. The summed E-state index contributed by atoms with van der Waals surface area (Å²) in [7, 11) is -2.30. The predicted molar refractivity (Wildman–Crippen MR) is 111 cm³/mol. The highest BCUT2D eigenvalue weighted by Gasteiger charge is 2.23. The molecule has 0 aliphatic rings. The van der Waals surface area contributed by atoms with Gasteiger partial charge in [-0.25, -0.2) is 13.4 Å². The Labute approximate surface area is 172 Å². The van der Waals surface area contributed by atoms with Gasteiger partial charge in [0.05, 0.1) is 21.2 Å². The minimum absolute atomic E-state index is 0.00389. The number of sulfonamides is 1. The van der Waals surface area contributed by atoms with Crippen molar-refractivity contribution in [3.63, 3.8) is 0 Å². The molecule has 0 aliphatic carbocycles. The van der Waals surface area contributed by atoms with Crippen LogP contribution < -0.4 is 5.32 Å². The van der Waals surface area contributed by atoms with Crippen LogP contribution in [0.1, 0.15) is 21.6 Å². The monoisotopic (exact) mass is 435 g/mol. The second-order valence-electron chi connectivity index (χ2n) is 6.14. The first kappa shape index (κ1) is 20.5. The highest BCUT2D eigenvalue weighted by molar-refractivity contribution is 7.89. The maximum atomic E-state index is 12.9. The van der Waals surface area contributed by atoms with Crippen LogP contribution in [0.15, 0.2) is 58.8 Å². The number of hydrogen-bond acceptors (Lipinski definition) is 5. The molecule has 0 atom stereocenters. The smallest absolute Gasteiger partial charge is 0.259 e. The van der Waals surface area contributed by atoms with Crippen molar-refractivity contribution in [3.05, 3.63) is 75.8 Å². The number of hydrogen-bond donors (Lipinski definition) is 1. The van der Waals surface area contributed by atoms with Gasteiger partial charge in [-0.05, 0) is 30.7 Å². The minimum Gasteiger partial charge on any atom is -0.298 e. The van der Waals surface area contributed by atoms with Crippen molar-refractivity contribution in [1.82, 2.24) is 9.29 Å². The van der Waals surface area contributed by atoms with Crippen LogP contribution in [0, 0.1) is 6.92 Å². The molecule has 0 aliphatic heterocycles. The lowest BCUT2D eigenvalue weighted by atomic mass is 10.2. The number of thiazole rings is 1. The number of nitrogens with one attached hydrogen (secondary N) is 1. The SMILES string of the molecule is Cc1csc(NC(=O)c2cc(S(=O)(=O)N(C)Cc3ccccc3)ccc2Cl)n1. The molecule has 0 radical (unpaired) electrons. The summed E-state index contributed by atoms with van der Waals surface area (Å²) < 4.78 is 27.1. The lowest BCUT2D eigenvalue weighted by Gasteiger charge is -2.18. The third kappa shape index (κ3) is 4.59. The van der Waals surface area contributed by atoms with E-state index in [1.54, 1.807) is 5.38 Å². The van der Waals surface area contributed by atoms with E-state index in [1.165, 1.54) is 40.9 Å². The van der Waals surface area contributed by atoms with E-state index in [0.717, 1.165) is 11.3 Å². The van der Waals surface area contributed by atoms with Crippen molar-refractivity contribution in [3.8, 4) is 0 Å². The van der Waals surface area contributed by atoms with Crippen LogP contribution in [0.25, 0.3) is 0 Å². The first-order valence-electron chi connectivity index (χ1n) is 8.30. The van der Waals surface area contributed by atoms with Gasteiger partial charge in [-0.1, -0.05) is 41.9 Å². The number of halogens is 1. The Morgan fingerprint density at radius 1 is 1.21 bits per heavy atom. The summed E-state index contributed by atoms with van der Waals surface area (Å²) in [6.07, 6.45) is 0. The Morgan fingerprint density at radius 2 is 1.93 bits per heavy atom. The molecule has 0 fully saturated rings. The van der Waals surface area contributed by atoms with E-state index in [9.17, 15) is 13.2 Å². The lowest BCUT2D eigenvalue weighted by Crippen LogP contribution is -2.27. The summed E-state index contributed by atoms with van der Waals surface area (Å²) >= 11 is 7.42. The molecule has 9 heteroatoms. The number of nitrogens with zero attached hydrogens (tertiary/aromatic N) is 2. The van der Waals surface area contributed by atoms with Crippen molar-refractivity contribution in [1.29, 1.82) is 0 Å². The zero-order valence-electron chi connectivity index (χ0n) is 15.2. The summed E-state index contributed by atoms with van der Waals surface area (Å²) in [5.41, 5.74) is 1.72. The normalized spacial score (nSPS) is 11.6. The number of anilines is 1.